The minimum Gasteiger partial charge on any atom is -0.316 e. The Morgan fingerprint density at radius 1 is 1.29 bits per heavy atom. The minimum absolute atomic E-state index is 0.507. The number of hydrogen-bond acceptors (Lipinski definition) is 2. The number of piperidine rings is 1. The molecule has 1 aliphatic carbocycles. The fourth-order valence-electron chi connectivity index (χ4n) is 3.33. The number of aromatic nitrogens is 2. The number of nitrogens with zero attached hydrogens (tertiary/aromatic N) is 2. The van der Waals surface area contributed by atoms with Gasteiger partial charge in [0.15, 0.2) is 0 Å². The van der Waals surface area contributed by atoms with Crippen LogP contribution < -0.4 is 5.32 Å². The summed E-state index contributed by atoms with van der Waals surface area (Å²) < 4.78 is 2.28. The summed E-state index contributed by atoms with van der Waals surface area (Å²) in [7, 11) is 0. The summed E-state index contributed by atoms with van der Waals surface area (Å²) in [6.07, 6.45) is 6.43. The number of nitrogens with one attached hydrogen (secondary N) is 1. The summed E-state index contributed by atoms with van der Waals surface area (Å²) in [4.78, 5) is 0. The fraction of sp³-hybridized carbons (Fsp3) is 0.786. The second-order valence-corrected chi connectivity index (χ2v) is 5.75. The first kappa shape index (κ1) is 11.3. The normalized spacial score (nSPS) is 24.3. The maximum absolute atomic E-state index is 4.93. The van der Waals surface area contributed by atoms with Gasteiger partial charge >= 0.3 is 0 Å². The SMILES string of the molecule is CC(C)n1nc([C@@H]2CCCNC2)c2c1CCC2. The molecule has 1 aliphatic heterocycles. The molecule has 1 aromatic heterocycles. The molecule has 0 unspecified atom stereocenters. The van der Waals surface area contributed by atoms with E-state index in [1.54, 1.807) is 5.56 Å². The van der Waals surface area contributed by atoms with E-state index >= 15 is 0 Å². The van der Waals surface area contributed by atoms with Crippen LogP contribution in [0.4, 0.5) is 0 Å². The van der Waals surface area contributed by atoms with Crippen molar-refractivity contribution in [3.8, 4) is 0 Å². The first-order valence-electron chi connectivity index (χ1n) is 7.08. The quantitative estimate of drug-likeness (QED) is 0.850. The van der Waals surface area contributed by atoms with Crippen LogP contribution >= 0.6 is 0 Å². The Labute approximate surface area is 104 Å². The molecule has 2 heterocycles. The Hall–Kier alpha value is -0.830. The summed E-state index contributed by atoms with van der Waals surface area (Å²) in [5.41, 5.74) is 4.53. The lowest BCUT2D eigenvalue weighted by molar-refractivity contribution is 0.438. The van der Waals surface area contributed by atoms with Crippen molar-refractivity contribution in [3.63, 3.8) is 0 Å². The van der Waals surface area contributed by atoms with Crippen molar-refractivity contribution >= 4 is 0 Å². The maximum atomic E-state index is 4.93. The van der Waals surface area contributed by atoms with Gasteiger partial charge in [-0.3, -0.25) is 4.68 Å². The van der Waals surface area contributed by atoms with Gasteiger partial charge in [-0.05, 0) is 58.1 Å². The molecule has 0 saturated carbocycles. The predicted molar refractivity (Wildman–Crippen MR) is 69.5 cm³/mol. The van der Waals surface area contributed by atoms with Crippen molar-refractivity contribution in [3.05, 3.63) is 17.0 Å². The molecular formula is C14H23N3. The number of fused-ring (bicyclic) bond motifs is 1. The van der Waals surface area contributed by atoms with E-state index in [0.29, 0.717) is 12.0 Å². The lowest BCUT2D eigenvalue weighted by Crippen LogP contribution is -2.29. The van der Waals surface area contributed by atoms with Gasteiger partial charge < -0.3 is 5.32 Å². The summed E-state index contributed by atoms with van der Waals surface area (Å²) in [6.45, 7) is 6.80. The van der Waals surface area contributed by atoms with Crippen molar-refractivity contribution in [2.24, 2.45) is 0 Å². The molecule has 1 fully saturated rings. The molecule has 3 heteroatoms. The highest BCUT2D eigenvalue weighted by Crippen LogP contribution is 2.33. The Morgan fingerprint density at radius 2 is 2.18 bits per heavy atom. The molecule has 0 aromatic carbocycles. The van der Waals surface area contributed by atoms with Crippen LogP contribution in [0.5, 0.6) is 0 Å². The molecule has 17 heavy (non-hydrogen) atoms. The van der Waals surface area contributed by atoms with Gasteiger partial charge in [0.05, 0.1) is 5.69 Å². The monoisotopic (exact) mass is 233 g/mol. The zero-order valence-electron chi connectivity index (χ0n) is 11.0. The van der Waals surface area contributed by atoms with Crippen molar-refractivity contribution in [2.75, 3.05) is 13.1 Å². The van der Waals surface area contributed by atoms with Gasteiger partial charge in [-0.25, -0.2) is 0 Å². The van der Waals surface area contributed by atoms with Crippen LogP contribution in [0, 0.1) is 0 Å². The average Bonchev–Trinajstić information content (AvgIpc) is 2.90. The van der Waals surface area contributed by atoms with Gasteiger partial charge in [0.2, 0.25) is 0 Å². The molecule has 0 amide bonds. The molecule has 0 radical (unpaired) electrons. The van der Waals surface area contributed by atoms with Gasteiger partial charge in [-0.2, -0.15) is 5.10 Å². The molecule has 3 rings (SSSR count). The van der Waals surface area contributed by atoms with Gasteiger partial charge in [0, 0.05) is 24.2 Å². The van der Waals surface area contributed by atoms with Gasteiger partial charge in [-0.1, -0.05) is 0 Å². The maximum Gasteiger partial charge on any atom is 0.0703 e. The third kappa shape index (κ3) is 1.90. The van der Waals surface area contributed by atoms with E-state index in [9.17, 15) is 0 Å². The highest BCUT2D eigenvalue weighted by Gasteiger charge is 2.28. The Bertz CT molecular complexity index is 400. The van der Waals surface area contributed by atoms with E-state index in [4.69, 9.17) is 5.10 Å². The minimum atomic E-state index is 0.507. The largest absolute Gasteiger partial charge is 0.316 e. The first-order valence-corrected chi connectivity index (χ1v) is 7.08. The Kier molecular flexibility index (Phi) is 2.95. The van der Waals surface area contributed by atoms with Crippen LogP contribution in [0.2, 0.25) is 0 Å². The van der Waals surface area contributed by atoms with Gasteiger partial charge in [-0.15, -0.1) is 0 Å². The number of rotatable bonds is 2. The topological polar surface area (TPSA) is 29.9 Å². The molecule has 94 valence electrons. The predicted octanol–water partition coefficient (Wildman–Crippen LogP) is 2.42. The zero-order chi connectivity index (χ0) is 11.8. The molecule has 2 aliphatic rings. The molecule has 1 aromatic rings. The van der Waals surface area contributed by atoms with Crippen molar-refractivity contribution in [2.45, 2.75) is 57.9 Å². The average molecular weight is 233 g/mol. The molecular weight excluding hydrogens is 210 g/mol. The second kappa shape index (κ2) is 4.45. The highest BCUT2D eigenvalue weighted by atomic mass is 15.3. The fourth-order valence-corrected chi connectivity index (χ4v) is 3.33. The van der Waals surface area contributed by atoms with Crippen LogP contribution in [0.15, 0.2) is 0 Å². The van der Waals surface area contributed by atoms with Crippen LogP contribution in [-0.4, -0.2) is 22.9 Å². The van der Waals surface area contributed by atoms with Crippen LogP contribution in [0.3, 0.4) is 0 Å². The van der Waals surface area contributed by atoms with Crippen molar-refractivity contribution in [1.82, 2.24) is 15.1 Å². The highest BCUT2D eigenvalue weighted by molar-refractivity contribution is 5.33. The molecule has 1 atom stereocenters. The van der Waals surface area contributed by atoms with E-state index in [1.165, 1.54) is 50.0 Å². The lowest BCUT2D eigenvalue weighted by Gasteiger charge is -2.22. The molecule has 1 saturated heterocycles. The molecule has 0 spiro atoms. The van der Waals surface area contributed by atoms with E-state index in [0.717, 1.165) is 6.54 Å². The van der Waals surface area contributed by atoms with E-state index < -0.39 is 0 Å². The Morgan fingerprint density at radius 3 is 2.88 bits per heavy atom. The summed E-state index contributed by atoms with van der Waals surface area (Å²) >= 11 is 0. The molecule has 1 N–H and O–H groups in total. The third-order valence-electron chi connectivity index (χ3n) is 4.16. The van der Waals surface area contributed by atoms with Gasteiger partial charge in [0.1, 0.15) is 0 Å². The second-order valence-electron chi connectivity index (χ2n) is 5.75. The van der Waals surface area contributed by atoms with E-state index in [2.05, 4.69) is 23.8 Å². The van der Waals surface area contributed by atoms with Crippen molar-refractivity contribution < 1.29 is 0 Å². The van der Waals surface area contributed by atoms with Crippen LogP contribution in [0.1, 0.15) is 62.0 Å². The van der Waals surface area contributed by atoms with Crippen molar-refractivity contribution in [1.29, 1.82) is 0 Å². The zero-order valence-corrected chi connectivity index (χ0v) is 11.0. The van der Waals surface area contributed by atoms with E-state index in [1.807, 2.05) is 0 Å². The summed E-state index contributed by atoms with van der Waals surface area (Å²) in [5.74, 6) is 0.663. The van der Waals surface area contributed by atoms with E-state index in [-0.39, 0.29) is 0 Å². The number of hydrogen-bond donors (Lipinski definition) is 1. The standard InChI is InChI=1S/C14H23N3/c1-10(2)17-13-7-3-6-12(13)14(16-17)11-5-4-8-15-9-11/h10-11,15H,3-9H2,1-2H3/t11-/m1/s1. The molecule has 3 nitrogen and oxygen atoms in total. The molecule has 0 bridgehead atoms. The first-order chi connectivity index (χ1) is 8.27. The third-order valence-corrected chi connectivity index (χ3v) is 4.16. The summed E-state index contributed by atoms with van der Waals surface area (Å²) in [5, 5.41) is 8.45. The Balaban J connectivity index is 1.96. The van der Waals surface area contributed by atoms with Crippen LogP contribution in [-0.2, 0) is 12.8 Å². The van der Waals surface area contributed by atoms with Crippen LogP contribution in [0.25, 0.3) is 0 Å². The van der Waals surface area contributed by atoms with Gasteiger partial charge in [0.25, 0.3) is 0 Å². The smallest absolute Gasteiger partial charge is 0.0703 e. The lowest BCUT2D eigenvalue weighted by atomic mass is 9.93. The summed E-state index contributed by atoms with van der Waals surface area (Å²) in [6, 6.07) is 0.507.